The number of nitrogens with one attached hydrogen (secondary N) is 1. The molecule has 0 unspecified atom stereocenters. The van der Waals surface area contributed by atoms with E-state index in [9.17, 15) is 27.6 Å². The highest BCUT2D eigenvalue weighted by molar-refractivity contribution is 6.08. The largest absolute Gasteiger partial charge is 0.497 e. The Kier molecular flexibility index (Phi) is 8.63. The molecule has 2 heterocycles. The van der Waals surface area contributed by atoms with Crippen LogP contribution in [0.2, 0.25) is 0 Å². The lowest BCUT2D eigenvalue weighted by molar-refractivity contribution is -0.141. The molecule has 5 rings (SSSR count). The average molecular weight is 635 g/mol. The van der Waals surface area contributed by atoms with E-state index in [0.29, 0.717) is 23.2 Å². The Morgan fingerprint density at radius 2 is 1.72 bits per heavy atom. The van der Waals surface area contributed by atoms with E-state index in [1.54, 1.807) is 75.6 Å². The van der Waals surface area contributed by atoms with Crippen molar-refractivity contribution in [2.24, 2.45) is 5.73 Å². The number of hydrogen-bond acceptors (Lipinski definition) is 6. The van der Waals surface area contributed by atoms with Crippen LogP contribution in [0.25, 0.3) is 5.69 Å². The van der Waals surface area contributed by atoms with Crippen molar-refractivity contribution in [3.8, 4) is 11.4 Å². The van der Waals surface area contributed by atoms with Gasteiger partial charge in [-0.25, -0.2) is 4.68 Å². The van der Waals surface area contributed by atoms with Crippen LogP contribution in [0, 0.1) is 0 Å². The highest BCUT2D eigenvalue weighted by Crippen LogP contribution is 2.38. The highest BCUT2D eigenvalue weighted by atomic mass is 19.4. The number of methoxy groups -OCH3 is 1. The molecule has 240 valence electrons. The van der Waals surface area contributed by atoms with E-state index in [1.807, 2.05) is 0 Å². The van der Waals surface area contributed by atoms with Crippen LogP contribution >= 0.6 is 0 Å². The number of halogens is 3. The zero-order chi connectivity index (χ0) is 33.4. The number of rotatable bonds is 8. The summed E-state index contributed by atoms with van der Waals surface area (Å²) in [4.78, 5) is 43.0. The summed E-state index contributed by atoms with van der Waals surface area (Å²) in [6, 6.07) is 19.3. The summed E-state index contributed by atoms with van der Waals surface area (Å²) in [6.45, 7) is 1.73. The molecule has 0 spiro atoms. The van der Waals surface area contributed by atoms with Crippen LogP contribution in [0.3, 0.4) is 0 Å². The monoisotopic (exact) mass is 634 g/mol. The van der Waals surface area contributed by atoms with Gasteiger partial charge in [-0.2, -0.15) is 18.3 Å². The first-order chi connectivity index (χ1) is 21.8. The number of ether oxygens (including phenoxy) is 1. The van der Waals surface area contributed by atoms with E-state index in [2.05, 4.69) is 10.4 Å². The lowest BCUT2D eigenvalue weighted by Crippen LogP contribution is -2.52. The standard InChI is InChI=1S/C33H33F3N6O4/c1-5-32(37,21-9-7-6-8-10-21)38-29(43)25-19-23(46-4)15-16-26(25)42-27-24(28(39-42)33(34,35)36)17-18-41(31(27)45)22-13-11-20(12-14-22)30(44)40(2)3/h6-16,19H,5,17-18,37H2,1-4H3,(H,38,43)/t32-/m0/s1. The molecule has 46 heavy (non-hydrogen) atoms. The summed E-state index contributed by atoms with van der Waals surface area (Å²) in [7, 11) is 4.60. The number of alkyl halides is 3. The van der Waals surface area contributed by atoms with Crippen molar-refractivity contribution < 1.29 is 32.3 Å². The Labute approximate surface area is 263 Å². The molecule has 0 aliphatic carbocycles. The van der Waals surface area contributed by atoms with Gasteiger partial charge in [0, 0.05) is 37.5 Å². The van der Waals surface area contributed by atoms with E-state index in [-0.39, 0.29) is 47.1 Å². The number of nitrogens with two attached hydrogens (primary N) is 1. The van der Waals surface area contributed by atoms with Crippen LogP contribution in [0.5, 0.6) is 5.75 Å². The quantitative estimate of drug-likeness (QED) is 0.270. The first-order valence-corrected chi connectivity index (χ1v) is 14.5. The fourth-order valence-corrected chi connectivity index (χ4v) is 5.43. The van der Waals surface area contributed by atoms with Gasteiger partial charge in [0.2, 0.25) is 0 Å². The van der Waals surface area contributed by atoms with Crippen LogP contribution in [0.15, 0.2) is 72.8 Å². The third-order valence-electron chi connectivity index (χ3n) is 7.98. The van der Waals surface area contributed by atoms with Gasteiger partial charge < -0.3 is 25.6 Å². The second-order valence-electron chi connectivity index (χ2n) is 11.1. The predicted molar refractivity (Wildman–Crippen MR) is 165 cm³/mol. The molecular weight excluding hydrogens is 601 g/mol. The number of benzene rings is 3. The summed E-state index contributed by atoms with van der Waals surface area (Å²) < 4.78 is 49.2. The number of hydrogen-bond donors (Lipinski definition) is 2. The highest BCUT2D eigenvalue weighted by Gasteiger charge is 2.44. The number of carbonyl (C=O) groups excluding carboxylic acids is 3. The fourth-order valence-electron chi connectivity index (χ4n) is 5.43. The molecule has 0 fully saturated rings. The number of nitrogens with zero attached hydrogens (tertiary/aromatic N) is 4. The smallest absolute Gasteiger partial charge is 0.435 e. The van der Waals surface area contributed by atoms with Gasteiger partial charge in [0.15, 0.2) is 5.69 Å². The number of amides is 3. The van der Waals surface area contributed by atoms with Gasteiger partial charge in [-0.05, 0) is 60.9 Å². The van der Waals surface area contributed by atoms with Gasteiger partial charge >= 0.3 is 6.18 Å². The van der Waals surface area contributed by atoms with Crippen LogP contribution in [-0.2, 0) is 18.3 Å². The van der Waals surface area contributed by atoms with E-state index in [1.165, 1.54) is 35.1 Å². The molecular formula is C33H33F3N6O4. The second kappa shape index (κ2) is 12.3. The molecule has 0 radical (unpaired) electrons. The van der Waals surface area contributed by atoms with E-state index < -0.39 is 29.3 Å². The van der Waals surface area contributed by atoms with Gasteiger partial charge in [0.1, 0.15) is 17.1 Å². The third-order valence-corrected chi connectivity index (χ3v) is 7.98. The van der Waals surface area contributed by atoms with Gasteiger partial charge in [0.05, 0.1) is 18.4 Å². The molecule has 13 heteroatoms. The minimum atomic E-state index is -4.87. The molecule has 1 aliphatic rings. The summed E-state index contributed by atoms with van der Waals surface area (Å²) in [5, 5.41) is 6.70. The maximum absolute atomic E-state index is 14.3. The summed E-state index contributed by atoms with van der Waals surface area (Å²) >= 11 is 0. The van der Waals surface area contributed by atoms with Crippen molar-refractivity contribution >= 4 is 23.4 Å². The molecule has 10 nitrogen and oxygen atoms in total. The summed E-state index contributed by atoms with van der Waals surface area (Å²) in [5.74, 6) is -1.44. The van der Waals surface area contributed by atoms with Crippen LogP contribution in [0.1, 0.15) is 61.4 Å². The van der Waals surface area contributed by atoms with Crippen molar-refractivity contribution in [3.05, 3.63) is 106 Å². The van der Waals surface area contributed by atoms with Crippen LogP contribution in [0.4, 0.5) is 18.9 Å². The third kappa shape index (κ3) is 5.93. The number of anilines is 1. The SMILES string of the molecule is CC[C@](N)(NC(=O)c1cc(OC)ccc1-n1nc(C(F)(F)F)c2c1C(=O)N(c1ccc(C(=O)N(C)C)cc1)CC2)c1ccccc1. The Morgan fingerprint density at radius 3 is 2.30 bits per heavy atom. The maximum atomic E-state index is 14.3. The van der Waals surface area contributed by atoms with Crippen LogP contribution in [-0.4, -0.2) is 60.2 Å². The average Bonchev–Trinajstić information content (AvgIpc) is 3.46. The van der Waals surface area contributed by atoms with Crippen molar-refractivity contribution in [1.29, 1.82) is 0 Å². The van der Waals surface area contributed by atoms with Gasteiger partial charge in [0.25, 0.3) is 17.7 Å². The van der Waals surface area contributed by atoms with Crippen molar-refractivity contribution in [2.45, 2.75) is 31.6 Å². The Morgan fingerprint density at radius 1 is 1.04 bits per heavy atom. The normalized spacial score (nSPS) is 14.3. The molecule has 1 aliphatic heterocycles. The molecule has 3 N–H and O–H groups in total. The molecule has 0 saturated heterocycles. The molecule has 0 bridgehead atoms. The molecule has 1 atom stereocenters. The maximum Gasteiger partial charge on any atom is 0.435 e. The molecule has 0 saturated carbocycles. The molecule has 4 aromatic rings. The Hall–Kier alpha value is -5.17. The number of aromatic nitrogens is 2. The predicted octanol–water partition coefficient (Wildman–Crippen LogP) is 4.76. The van der Waals surface area contributed by atoms with Crippen molar-refractivity contribution in [1.82, 2.24) is 20.0 Å². The fraction of sp³-hybridized carbons (Fsp3) is 0.273. The molecule has 3 amide bonds. The van der Waals surface area contributed by atoms with Gasteiger partial charge in [-0.15, -0.1) is 0 Å². The Bertz CT molecular complexity index is 1790. The van der Waals surface area contributed by atoms with E-state index in [4.69, 9.17) is 10.5 Å². The lowest BCUT2D eigenvalue weighted by atomic mass is 9.96. The molecule has 1 aromatic heterocycles. The topological polar surface area (TPSA) is 123 Å². The lowest BCUT2D eigenvalue weighted by Gasteiger charge is -2.31. The summed E-state index contributed by atoms with van der Waals surface area (Å²) in [5.41, 5.74) is 4.71. The van der Waals surface area contributed by atoms with Gasteiger partial charge in [-0.1, -0.05) is 37.3 Å². The zero-order valence-corrected chi connectivity index (χ0v) is 25.7. The second-order valence-corrected chi connectivity index (χ2v) is 11.1. The molecule has 3 aromatic carbocycles. The minimum absolute atomic E-state index is 0.0548. The van der Waals surface area contributed by atoms with Crippen LogP contribution < -0.4 is 20.7 Å². The van der Waals surface area contributed by atoms with Gasteiger partial charge in [-0.3, -0.25) is 14.4 Å². The van der Waals surface area contributed by atoms with Crippen molar-refractivity contribution in [3.63, 3.8) is 0 Å². The first-order valence-electron chi connectivity index (χ1n) is 14.5. The summed E-state index contributed by atoms with van der Waals surface area (Å²) in [6.07, 6.45) is -4.73. The number of fused-ring (bicyclic) bond motifs is 1. The first kappa shape index (κ1) is 32.2. The minimum Gasteiger partial charge on any atom is -0.497 e. The van der Waals surface area contributed by atoms with E-state index in [0.717, 1.165) is 4.68 Å². The van der Waals surface area contributed by atoms with E-state index >= 15 is 0 Å². The number of carbonyl (C=O) groups is 3. The zero-order valence-electron chi connectivity index (χ0n) is 25.7. The van der Waals surface area contributed by atoms with Crippen molar-refractivity contribution in [2.75, 3.05) is 32.6 Å². The Balaban J connectivity index is 1.62.